The molecule has 0 spiro atoms. The van der Waals surface area contributed by atoms with Gasteiger partial charge in [-0.3, -0.25) is 4.90 Å². The van der Waals surface area contributed by atoms with Crippen LogP contribution in [0.5, 0.6) is 5.75 Å². The number of hydrogen-bond acceptors (Lipinski definition) is 4. The van der Waals surface area contributed by atoms with Crippen molar-refractivity contribution >= 4 is 0 Å². The van der Waals surface area contributed by atoms with Crippen LogP contribution in [0.3, 0.4) is 0 Å². The van der Waals surface area contributed by atoms with E-state index < -0.39 is 0 Å². The van der Waals surface area contributed by atoms with Gasteiger partial charge in [-0.05, 0) is 44.1 Å². The summed E-state index contributed by atoms with van der Waals surface area (Å²) in [5.41, 5.74) is 1.20. The van der Waals surface area contributed by atoms with E-state index in [1.165, 1.54) is 12.0 Å². The zero-order chi connectivity index (χ0) is 13.9. The minimum Gasteiger partial charge on any atom is -0.497 e. The van der Waals surface area contributed by atoms with Gasteiger partial charge in [0.2, 0.25) is 5.89 Å². The van der Waals surface area contributed by atoms with Crippen molar-refractivity contribution in [1.29, 1.82) is 0 Å². The third kappa shape index (κ3) is 2.70. The number of oxazole rings is 1. The van der Waals surface area contributed by atoms with Crippen LogP contribution in [-0.4, -0.2) is 30.6 Å². The smallest absolute Gasteiger partial charge is 0.211 e. The van der Waals surface area contributed by atoms with Crippen LogP contribution < -0.4 is 4.74 Å². The SMILES string of the molecule is COc1ccc(Cc2cnc([C@@H]3CCCN3C)o2)cc1. The third-order valence-electron chi connectivity index (χ3n) is 3.91. The van der Waals surface area contributed by atoms with E-state index in [0.29, 0.717) is 6.04 Å². The minimum absolute atomic E-state index is 0.347. The van der Waals surface area contributed by atoms with Crippen LogP contribution in [0.1, 0.15) is 36.1 Å². The number of methoxy groups -OCH3 is 1. The Bertz CT molecular complexity index is 562. The van der Waals surface area contributed by atoms with Crippen LogP contribution in [0.25, 0.3) is 0 Å². The summed E-state index contributed by atoms with van der Waals surface area (Å²) in [6.45, 7) is 1.13. The fourth-order valence-corrected chi connectivity index (χ4v) is 2.73. The molecule has 0 bridgehead atoms. The monoisotopic (exact) mass is 272 g/mol. The Labute approximate surface area is 119 Å². The summed E-state index contributed by atoms with van der Waals surface area (Å²) in [7, 11) is 3.81. The lowest BCUT2D eigenvalue weighted by Crippen LogP contribution is -2.17. The van der Waals surface area contributed by atoms with Gasteiger partial charge in [0.25, 0.3) is 0 Å². The summed E-state index contributed by atoms with van der Waals surface area (Å²) < 4.78 is 11.1. The number of aromatic nitrogens is 1. The number of hydrogen-bond donors (Lipinski definition) is 0. The highest BCUT2D eigenvalue weighted by molar-refractivity contribution is 5.29. The number of ether oxygens (including phenoxy) is 1. The third-order valence-corrected chi connectivity index (χ3v) is 3.91. The van der Waals surface area contributed by atoms with E-state index in [2.05, 4.69) is 29.1 Å². The molecule has 0 N–H and O–H groups in total. The van der Waals surface area contributed by atoms with Crippen LogP contribution in [0, 0.1) is 0 Å². The van der Waals surface area contributed by atoms with Gasteiger partial charge in [-0.25, -0.2) is 4.98 Å². The largest absolute Gasteiger partial charge is 0.497 e. The number of benzene rings is 1. The first-order valence-electron chi connectivity index (χ1n) is 7.04. The Morgan fingerprint density at radius 1 is 1.35 bits per heavy atom. The Hall–Kier alpha value is -1.81. The molecule has 0 amide bonds. The van der Waals surface area contributed by atoms with Gasteiger partial charge in [0.15, 0.2) is 0 Å². The second-order valence-corrected chi connectivity index (χ2v) is 5.33. The van der Waals surface area contributed by atoms with Gasteiger partial charge in [0, 0.05) is 6.42 Å². The van der Waals surface area contributed by atoms with Gasteiger partial charge in [-0.2, -0.15) is 0 Å². The zero-order valence-corrected chi connectivity index (χ0v) is 12.0. The van der Waals surface area contributed by atoms with Crippen molar-refractivity contribution < 1.29 is 9.15 Å². The quantitative estimate of drug-likeness (QED) is 0.857. The van der Waals surface area contributed by atoms with Gasteiger partial charge in [-0.1, -0.05) is 12.1 Å². The minimum atomic E-state index is 0.347. The van der Waals surface area contributed by atoms with Crippen molar-refractivity contribution in [2.45, 2.75) is 25.3 Å². The molecule has 1 aromatic heterocycles. The molecule has 0 radical (unpaired) electrons. The molecular weight excluding hydrogens is 252 g/mol. The zero-order valence-electron chi connectivity index (χ0n) is 12.0. The van der Waals surface area contributed by atoms with Gasteiger partial charge in [0.05, 0.1) is 19.3 Å². The van der Waals surface area contributed by atoms with Crippen LogP contribution in [0.4, 0.5) is 0 Å². The number of rotatable bonds is 4. The van der Waals surface area contributed by atoms with E-state index in [-0.39, 0.29) is 0 Å². The molecule has 4 nitrogen and oxygen atoms in total. The average molecular weight is 272 g/mol. The highest BCUT2D eigenvalue weighted by Gasteiger charge is 2.26. The van der Waals surface area contributed by atoms with E-state index in [1.807, 2.05) is 18.3 Å². The normalized spacial score (nSPS) is 19.4. The van der Waals surface area contributed by atoms with Crippen LogP contribution in [0.2, 0.25) is 0 Å². The molecule has 1 atom stereocenters. The van der Waals surface area contributed by atoms with Gasteiger partial charge in [-0.15, -0.1) is 0 Å². The van der Waals surface area contributed by atoms with Gasteiger partial charge in [0.1, 0.15) is 11.5 Å². The first kappa shape index (κ1) is 13.2. The van der Waals surface area contributed by atoms with Crippen molar-refractivity contribution in [1.82, 2.24) is 9.88 Å². The maximum atomic E-state index is 5.91. The molecule has 106 valence electrons. The van der Waals surface area contributed by atoms with Crippen LogP contribution in [-0.2, 0) is 6.42 Å². The summed E-state index contributed by atoms with van der Waals surface area (Å²) >= 11 is 0. The van der Waals surface area contributed by atoms with E-state index in [0.717, 1.165) is 36.8 Å². The fourth-order valence-electron chi connectivity index (χ4n) is 2.73. The molecule has 0 unspecified atom stereocenters. The van der Waals surface area contributed by atoms with Crippen molar-refractivity contribution in [3.63, 3.8) is 0 Å². The maximum absolute atomic E-state index is 5.91. The summed E-state index contributed by atoms with van der Waals surface area (Å²) in [6, 6.07) is 8.40. The Morgan fingerprint density at radius 3 is 2.80 bits per heavy atom. The van der Waals surface area contributed by atoms with Gasteiger partial charge < -0.3 is 9.15 Å². The first-order valence-corrected chi connectivity index (χ1v) is 7.04. The van der Waals surface area contributed by atoms with Crippen LogP contribution in [0.15, 0.2) is 34.9 Å². The summed E-state index contributed by atoms with van der Waals surface area (Å²) in [5, 5.41) is 0. The predicted octanol–water partition coefficient (Wildman–Crippen LogP) is 3.04. The molecule has 0 aliphatic carbocycles. The lowest BCUT2D eigenvalue weighted by molar-refractivity contribution is 0.264. The summed E-state index contributed by atoms with van der Waals surface area (Å²) in [6.07, 6.45) is 4.98. The van der Waals surface area contributed by atoms with Crippen LogP contribution >= 0.6 is 0 Å². The standard InChI is InChI=1S/C16H20N2O2/c1-18-9-3-4-15(18)16-17-11-14(20-16)10-12-5-7-13(19-2)8-6-12/h5-8,11,15H,3-4,9-10H2,1-2H3/t15-/m0/s1. The molecule has 2 aromatic rings. The first-order chi connectivity index (χ1) is 9.76. The molecule has 2 heterocycles. The topological polar surface area (TPSA) is 38.5 Å². The molecule has 4 heteroatoms. The van der Waals surface area contributed by atoms with E-state index in [1.54, 1.807) is 7.11 Å². The van der Waals surface area contributed by atoms with E-state index in [9.17, 15) is 0 Å². The summed E-state index contributed by atoms with van der Waals surface area (Å²) in [4.78, 5) is 6.75. The fraction of sp³-hybridized carbons (Fsp3) is 0.438. The average Bonchev–Trinajstić information content (AvgIpc) is 3.08. The van der Waals surface area contributed by atoms with E-state index >= 15 is 0 Å². The molecule has 1 aliphatic rings. The lowest BCUT2D eigenvalue weighted by Gasteiger charge is -2.15. The second kappa shape index (κ2) is 5.67. The van der Waals surface area contributed by atoms with Crippen molar-refractivity contribution in [2.24, 2.45) is 0 Å². The molecule has 1 fully saturated rings. The highest BCUT2D eigenvalue weighted by atomic mass is 16.5. The predicted molar refractivity (Wildman–Crippen MR) is 76.9 cm³/mol. The maximum Gasteiger partial charge on any atom is 0.211 e. The van der Waals surface area contributed by atoms with Crippen molar-refractivity contribution in [3.8, 4) is 5.75 Å². The van der Waals surface area contributed by atoms with E-state index in [4.69, 9.17) is 9.15 Å². The molecule has 1 saturated heterocycles. The number of nitrogens with zero attached hydrogens (tertiary/aromatic N) is 2. The Kier molecular flexibility index (Phi) is 3.74. The highest BCUT2D eigenvalue weighted by Crippen LogP contribution is 2.30. The molecule has 20 heavy (non-hydrogen) atoms. The van der Waals surface area contributed by atoms with Crippen molar-refractivity contribution in [2.75, 3.05) is 20.7 Å². The number of likely N-dealkylation sites (tertiary alicyclic amines) is 1. The lowest BCUT2D eigenvalue weighted by atomic mass is 10.1. The molecule has 1 aromatic carbocycles. The molecule has 1 aliphatic heterocycles. The Balaban J connectivity index is 1.70. The van der Waals surface area contributed by atoms with Gasteiger partial charge >= 0.3 is 0 Å². The second-order valence-electron chi connectivity index (χ2n) is 5.33. The molecule has 0 saturated carbocycles. The Morgan fingerprint density at radius 2 is 2.15 bits per heavy atom. The van der Waals surface area contributed by atoms with Crippen molar-refractivity contribution in [3.05, 3.63) is 47.7 Å². The summed E-state index contributed by atoms with van der Waals surface area (Å²) in [5.74, 6) is 2.65. The molecular formula is C16H20N2O2. The molecule has 3 rings (SSSR count).